The predicted octanol–water partition coefficient (Wildman–Crippen LogP) is 3.86. The summed E-state index contributed by atoms with van der Waals surface area (Å²) in [6.45, 7) is 5.51. The number of carbonyl (C=O) groups is 1. The zero-order valence-electron chi connectivity index (χ0n) is 17.9. The lowest BCUT2D eigenvalue weighted by Crippen LogP contribution is -2.41. The highest BCUT2D eigenvalue weighted by Crippen LogP contribution is 2.29. The van der Waals surface area contributed by atoms with Crippen molar-refractivity contribution in [2.24, 2.45) is 0 Å². The molecule has 1 atom stereocenters. The highest BCUT2D eigenvalue weighted by atomic mass is 32.1. The Morgan fingerprint density at radius 2 is 2.16 bits per heavy atom. The second kappa shape index (κ2) is 8.31. The number of carbonyl (C=O) groups excluding carboxylic acids is 1. The molecule has 0 N–H and O–H groups in total. The maximum Gasteiger partial charge on any atom is 0.259 e. The van der Waals surface area contributed by atoms with Gasteiger partial charge in [-0.15, -0.1) is 10.2 Å². The molecule has 4 aromatic heterocycles. The second-order valence-electron chi connectivity index (χ2n) is 8.03. The van der Waals surface area contributed by atoms with Crippen molar-refractivity contribution in [1.82, 2.24) is 24.6 Å². The van der Waals surface area contributed by atoms with Crippen molar-refractivity contribution in [3.05, 3.63) is 62.5 Å². The number of nitrogens with zero attached hydrogens (tertiary/aromatic N) is 5. The fourth-order valence-corrected chi connectivity index (χ4v) is 4.82. The zero-order valence-corrected chi connectivity index (χ0v) is 18.8. The van der Waals surface area contributed by atoms with E-state index in [9.17, 15) is 9.59 Å². The lowest BCUT2D eigenvalue weighted by Gasteiger charge is -2.31. The summed E-state index contributed by atoms with van der Waals surface area (Å²) in [5.74, 6) is 0.716. The Hall–Kier alpha value is -3.33. The van der Waals surface area contributed by atoms with Gasteiger partial charge in [0.2, 0.25) is 17.2 Å². The van der Waals surface area contributed by atoms with Gasteiger partial charge in [-0.2, -0.15) is 11.3 Å². The predicted molar refractivity (Wildman–Crippen MR) is 122 cm³/mol. The van der Waals surface area contributed by atoms with Gasteiger partial charge in [0.15, 0.2) is 0 Å². The summed E-state index contributed by atoms with van der Waals surface area (Å²) in [5.41, 5.74) is 2.24. The van der Waals surface area contributed by atoms with Gasteiger partial charge >= 0.3 is 0 Å². The average Bonchev–Trinajstić information content (AvgIpc) is 3.51. The number of pyridine rings is 2. The molecule has 0 aliphatic carbocycles. The molecule has 1 amide bonds. The molecule has 4 aromatic rings. The van der Waals surface area contributed by atoms with Crippen LogP contribution in [0.2, 0.25) is 0 Å². The van der Waals surface area contributed by atoms with Crippen molar-refractivity contribution in [3.8, 4) is 11.5 Å². The number of hydrogen-bond donors (Lipinski definition) is 0. The molecule has 0 radical (unpaired) electrons. The van der Waals surface area contributed by atoms with Gasteiger partial charge in [-0.1, -0.05) is 0 Å². The molecule has 1 aliphatic rings. The summed E-state index contributed by atoms with van der Waals surface area (Å²) >= 11 is 1.57. The number of aromatic nitrogens is 4. The Labute approximate surface area is 188 Å². The van der Waals surface area contributed by atoms with E-state index >= 15 is 0 Å². The topological polar surface area (TPSA) is 94.1 Å². The Kier molecular flexibility index (Phi) is 5.34. The van der Waals surface area contributed by atoms with E-state index in [-0.39, 0.29) is 22.8 Å². The van der Waals surface area contributed by atoms with Crippen molar-refractivity contribution in [3.63, 3.8) is 0 Å². The van der Waals surface area contributed by atoms with Crippen LogP contribution in [-0.4, -0.2) is 43.6 Å². The van der Waals surface area contributed by atoms with E-state index in [0.29, 0.717) is 42.4 Å². The highest BCUT2D eigenvalue weighted by Gasteiger charge is 2.30. The maximum atomic E-state index is 13.4. The van der Waals surface area contributed by atoms with Crippen molar-refractivity contribution in [2.45, 2.75) is 39.2 Å². The van der Waals surface area contributed by atoms with Gasteiger partial charge in [0, 0.05) is 42.5 Å². The molecule has 1 saturated heterocycles. The second-order valence-corrected chi connectivity index (χ2v) is 8.81. The number of likely N-dealkylation sites (tertiary alicyclic amines) is 1. The number of aryl methyl sites for hydroxylation is 2. The van der Waals surface area contributed by atoms with Gasteiger partial charge < -0.3 is 13.9 Å². The van der Waals surface area contributed by atoms with Crippen LogP contribution in [0.1, 0.15) is 47.6 Å². The van der Waals surface area contributed by atoms with Gasteiger partial charge in [-0.25, -0.2) is 4.98 Å². The fraction of sp³-hybridized carbons (Fsp3) is 0.348. The van der Waals surface area contributed by atoms with Gasteiger partial charge in [-0.05, 0) is 50.3 Å². The van der Waals surface area contributed by atoms with Crippen LogP contribution in [0, 0.1) is 6.92 Å². The summed E-state index contributed by atoms with van der Waals surface area (Å²) in [7, 11) is 0. The summed E-state index contributed by atoms with van der Waals surface area (Å²) in [4.78, 5) is 32.8. The van der Waals surface area contributed by atoms with E-state index in [4.69, 9.17) is 4.42 Å². The highest BCUT2D eigenvalue weighted by molar-refractivity contribution is 7.08. The summed E-state index contributed by atoms with van der Waals surface area (Å²) < 4.78 is 7.77. The van der Waals surface area contributed by atoms with E-state index < -0.39 is 0 Å². The first-order valence-electron chi connectivity index (χ1n) is 10.7. The lowest BCUT2D eigenvalue weighted by molar-refractivity contribution is 0.0696. The first kappa shape index (κ1) is 20.6. The smallest absolute Gasteiger partial charge is 0.259 e. The maximum absolute atomic E-state index is 13.4. The van der Waals surface area contributed by atoms with Gasteiger partial charge in [0.05, 0.1) is 11.3 Å². The standard InChI is InChI=1S/C23H23N5O3S/c1-3-27-12-18(19(29)17-7-6-14(2)24-20(17)27)23(30)28-9-4-5-15(11-28)21-25-26-22(31-21)16-8-10-32-13-16/h6-8,10,12-13,15H,3-5,9,11H2,1-2H3. The quantitative estimate of drug-likeness (QED) is 0.470. The molecule has 32 heavy (non-hydrogen) atoms. The molecule has 8 nitrogen and oxygen atoms in total. The normalized spacial score (nSPS) is 16.6. The first-order chi connectivity index (χ1) is 15.5. The Morgan fingerprint density at radius 1 is 1.28 bits per heavy atom. The molecule has 0 spiro atoms. The number of hydrogen-bond acceptors (Lipinski definition) is 7. The van der Waals surface area contributed by atoms with E-state index in [1.807, 2.05) is 35.2 Å². The number of piperidine rings is 1. The molecule has 5 heterocycles. The minimum atomic E-state index is -0.276. The molecule has 1 unspecified atom stereocenters. The molecule has 0 bridgehead atoms. The minimum Gasteiger partial charge on any atom is -0.420 e. The van der Waals surface area contributed by atoms with Crippen LogP contribution in [0.5, 0.6) is 0 Å². The molecule has 1 aliphatic heterocycles. The van der Waals surface area contributed by atoms with Crippen LogP contribution in [-0.2, 0) is 6.54 Å². The number of fused-ring (bicyclic) bond motifs is 1. The van der Waals surface area contributed by atoms with Crippen molar-refractivity contribution in [2.75, 3.05) is 13.1 Å². The van der Waals surface area contributed by atoms with Crippen molar-refractivity contribution in [1.29, 1.82) is 0 Å². The minimum absolute atomic E-state index is 0.0502. The van der Waals surface area contributed by atoms with Crippen LogP contribution >= 0.6 is 11.3 Å². The monoisotopic (exact) mass is 449 g/mol. The van der Waals surface area contributed by atoms with Gasteiger partial charge in [-0.3, -0.25) is 9.59 Å². The molecule has 164 valence electrons. The number of thiophene rings is 1. The largest absolute Gasteiger partial charge is 0.420 e. The van der Waals surface area contributed by atoms with Crippen LogP contribution in [0.15, 0.2) is 44.4 Å². The first-order valence-corrected chi connectivity index (χ1v) is 11.7. The molecule has 1 fully saturated rings. The zero-order chi connectivity index (χ0) is 22.2. The Morgan fingerprint density at radius 3 is 2.94 bits per heavy atom. The van der Waals surface area contributed by atoms with Crippen LogP contribution in [0.25, 0.3) is 22.5 Å². The molecular weight excluding hydrogens is 426 g/mol. The van der Waals surface area contributed by atoms with Crippen LogP contribution in [0.3, 0.4) is 0 Å². The van der Waals surface area contributed by atoms with E-state index in [2.05, 4.69) is 15.2 Å². The van der Waals surface area contributed by atoms with Gasteiger partial charge in [0.1, 0.15) is 11.2 Å². The summed E-state index contributed by atoms with van der Waals surface area (Å²) in [6.07, 6.45) is 3.31. The van der Waals surface area contributed by atoms with Crippen molar-refractivity contribution < 1.29 is 9.21 Å². The Bertz CT molecular complexity index is 1340. The van der Waals surface area contributed by atoms with Crippen LogP contribution in [0.4, 0.5) is 0 Å². The third-order valence-corrected chi connectivity index (χ3v) is 6.58. The van der Waals surface area contributed by atoms with Crippen molar-refractivity contribution >= 4 is 28.3 Å². The molecule has 5 rings (SSSR count). The molecule has 9 heteroatoms. The molecule has 0 saturated carbocycles. The SMILES string of the molecule is CCn1cc(C(=O)N2CCCC(c3nnc(-c4ccsc4)o3)C2)c(=O)c2ccc(C)nc21. The fourth-order valence-electron chi connectivity index (χ4n) is 4.19. The summed E-state index contributed by atoms with van der Waals surface area (Å²) in [6, 6.07) is 5.50. The summed E-state index contributed by atoms with van der Waals surface area (Å²) in [5, 5.41) is 12.8. The molecule has 0 aromatic carbocycles. The Balaban J connectivity index is 1.43. The van der Waals surface area contributed by atoms with Gasteiger partial charge in [0.25, 0.3) is 5.91 Å². The third-order valence-electron chi connectivity index (χ3n) is 5.90. The average molecular weight is 450 g/mol. The van der Waals surface area contributed by atoms with E-state index in [1.54, 1.807) is 34.6 Å². The molecular formula is C23H23N5O3S. The number of amides is 1. The van der Waals surface area contributed by atoms with Crippen LogP contribution < -0.4 is 5.43 Å². The third kappa shape index (κ3) is 3.62. The van der Waals surface area contributed by atoms with E-state index in [1.165, 1.54) is 0 Å². The lowest BCUT2D eigenvalue weighted by atomic mass is 9.97. The van der Waals surface area contributed by atoms with E-state index in [0.717, 1.165) is 24.1 Å². The number of rotatable bonds is 4.